The number of rotatable bonds is 0. The van der Waals surface area contributed by atoms with Crippen LogP contribution in [0.4, 0.5) is 0 Å². The maximum atomic E-state index is 5.39. The minimum absolute atomic E-state index is 0.470. The first kappa shape index (κ1) is 4.65. The molecule has 2 nitrogen and oxygen atoms in total. The fourth-order valence-electron chi connectivity index (χ4n) is 0.357. The van der Waals surface area contributed by atoms with Gasteiger partial charge in [-0.15, -0.1) is 5.43 Å². The zero-order chi connectivity index (χ0) is 5.28. The Morgan fingerprint density at radius 3 is 2.57 bits per heavy atom. The highest BCUT2D eigenvalue weighted by Crippen LogP contribution is 2.04. The van der Waals surface area contributed by atoms with E-state index in [0.29, 0.717) is 5.16 Å². The molecule has 0 saturated heterocycles. The Balaban J connectivity index is 2.69. The molecular formula is C4H4ClN2. The minimum atomic E-state index is 0.470. The van der Waals surface area contributed by atoms with E-state index >= 15 is 0 Å². The number of nitrogens with zero attached hydrogens (tertiary/aromatic N) is 2. The molecular weight excluding hydrogens is 112 g/mol. The second kappa shape index (κ2) is 1.54. The van der Waals surface area contributed by atoms with Gasteiger partial charge in [-0.05, 0) is 6.92 Å². The molecule has 1 heterocycles. The summed E-state index contributed by atoms with van der Waals surface area (Å²) in [4.78, 5) is 0. The van der Waals surface area contributed by atoms with Crippen molar-refractivity contribution in [2.24, 2.45) is 5.10 Å². The van der Waals surface area contributed by atoms with Crippen LogP contribution >= 0.6 is 11.6 Å². The lowest BCUT2D eigenvalue weighted by Crippen LogP contribution is -1.80. The molecule has 7 heavy (non-hydrogen) atoms. The molecule has 0 atom stereocenters. The molecule has 0 spiro atoms. The van der Waals surface area contributed by atoms with E-state index in [0.717, 1.165) is 5.71 Å². The zero-order valence-corrected chi connectivity index (χ0v) is 4.61. The normalized spacial score (nSPS) is 18.0. The average molecular weight is 116 g/mol. The SMILES string of the molecule is CC1=N[N]C(Cl)=C1. The summed E-state index contributed by atoms with van der Waals surface area (Å²) in [6, 6.07) is 0. The van der Waals surface area contributed by atoms with Gasteiger partial charge in [0.15, 0.2) is 5.16 Å². The largest absolute Gasteiger partial charge is 0.154 e. The van der Waals surface area contributed by atoms with Crippen molar-refractivity contribution in [2.75, 3.05) is 0 Å². The van der Waals surface area contributed by atoms with Gasteiger partial charge in [0.2, 0.25) is 0 Å². The molecule has 37 valence electrons. The first-order chi connectivity index (χ1) is 3.29. The third-order valence-electron chi connectivity index (χ3n) is 0.631. The van der Waals surface area contributed by atoms with E-state index in [9.17, 15) is 0 Å². The molecule has 0 aromatic heterocycles. The molecule has 1 aliphatic heterocycles. The van der Waals surface area contributed by atoms with Gasteiger partial charge in [-0.25, -0.2) is 0 Å². The van der Waals surface area contributed by atoms with E-state index < -0.39 is 0 Å². The van der Waals surface area contributed by atoms with E-state index in [1.54, 1.807) is 6.08 Å². The predicted octanol–water partition coefficient (Wildman–Crippen LogP) is 1.06. The standard InChI is InChI=1S/C4H4ClN2/c1-3-2-4(5)7-6-3/h2H,1H3. The summed E-state index contributed by atoms with van der Waals surface area (Å²) in [6.45, 7) is 1.85. The molecule has 1 radical (unpaired) electrons. The Hall–Kier alpha value is -0.500. The second-order valence-electron chi connectivity index (χ2n) is 1.31. The second-order valence-corrected chi connectivity index (χ2v) is 1.70. The molecule has 0 N–H and O–H groups in total. The average Bonchev–Trinajstić information content (AvgIpc) is 1.87. The van der Waals surface area contributed by atoms with E-state index in [-0.39, 0.29) is 0 Å². The van der Waals surface area contributed by atoms with Crippen molar-refractivity contribution < 1.29 is 0 Å². The molecule has 0 unspecified atom stereocenters. The molecule has 0 amide bonds. The van der Waals surface area contributed by atoms with Crippen LogP contribution in [0.3, 0.4) is 0 Å². The fraction of sp³-hybridized carbons (Fsp3) is 0.250. The number of allylic oxidation sites excluding steroid dienone is 1. The van der Waals surface area contributed by atoms with Crippen LogP contribution in [0.2, 0.25) is 0 Å². The minimum Gasteiger partial charge on any atom is -0.154 e. The summed E-state index contributed by atoms with van der Waals surface area (Å²) >= 11 is 5.39. The van der Waals surface area contributed by atoms with Gasteiger partial charge in [-0.1, -0.05) is 11.6 Å². The molecule has 3 heteroatoms. The van der Waals surface area contributed by atoms with E-state index in [2.05, 4.69) is 10.5 Å². The van der Waals surface area contributed by atoms with Crippen LogP contribution in [0.5, 0.6) is 0 Å². The summed E-state index contributed by atoms with van der Waals surface area (Å²) in [6.07, 6.45) is 1.71. The van der Waals surface area contributed by atoms with Crippen molar-refractivity contribution in [1.82, 2.24) is 5.43 Å². The Kier molecular flexibility index (Phi) is 1.02. The molecule has 1 rings (SSSR count). The van der Waals surface area contributed by atoms with Gasteiger partial charge in [-0.2, -0.15) is 5.10 Å². The predicted molar refractivity (Wildman–Crippen MR) is 29.2 cm³/mol. The quantitative estimate of drug-likeness (QED) is 0.422. The van der Waals surface area contributed by atoms with Crippen LogP contribution in [0.25, 0.3) is 0 Å². The summed E-state index contributed by atoms with van der Waals surface area (Å²) in [5, 5.41) is 4.10. The molecule has 0 aromatic carbocycles. The zero-order valence-electron chi connectivity index (χ0n) is 3.85. The summed E-state index contributed by atoms with van der Waals surface area (Å²) in [7, 11) is 0. The smallest absolute Gasteiger partial charge is 0.153 e. The Labute approximate surface area is 46.9 Å². The van der Waals surface area contributed by atoms with Crippen molar-refractivity contribution in [1.29, 1.82) is 0 Å². The van der Waals surface area contributed by atoms with Crippen molar-refractivity contribution in [3.05, 3.63) is 11.2 Å². The van der Waals surface area contributed by atoms with Crippen LogP contribution in [0, 0.1) is 0 Å². The highest BCUT2D eigenvalue weighted by atomic mass is 35.5. The van der Waals surface area contributed by atoms with Crippen molar-refractivity contribution >= 4 is 17.3 Å². The van der Waals surface area contributed by atoms with Crippen LogP contribution < -0.4 is 5.43 Å². The lowest BCUT2D eigenvalue weighted by atomic mass is 10.4. The lowest BCUT2D eigenvalue weighted by Gasteiger charge is -1.75. The first-order valence-corrected chi connectivity index (χ1v) is 2.29. The number of halogens is 1. The molecule has 0 aliphatic carbocycles. The summed E-state index contributed by atoms with van der Waals surface area (Å²) < 4.78 is 0. The summed E-state index contributed by atoms with van der Waals surface area (Å²) in [5.74, 6) is 0. The van der Waals surface area contributed by atoms with Crippen LogP contribution in [0.1, 0.15) is 6.92 Å². The molecule has 0 fully saturated rings. The highest BCUT2D eigenvalue weighted by Gasteiger charge is 1.99. The maximum absolute atomic E-state index is 5.39. The number of hydrogen-bond donors (Lipinski definition) is 0. The van der Waals surface area contributed by atoms with Gasteiger partial charge < -0.3 is 0 Å². The lowest BCUT2D eigenvalue weighted by molar-refractivity contribution is 0.950. The van der Waals surface area contributed by atoms with Crippen molar-refractivity contribution in [3.8, 4) is 0 Å². The molecule has 1 aliphatic rings. The van der Waals surface area contributed by atoms with E-state index in [1.807, 2.05) is 6.92 Å². The van der Waals surface area contributed by atoms with Gasteiger partial charge >= 0.3 is 0 Å². The fourth-order valence-corrected chi connectivity index (χ4v) is 0.552. The Morgan fingerprint density at radius 1 is 1.71 bits per heavy atom. The van der Waals surface area contributed by atoms with Gasteiger partial charge in [0.05, 0.1) is 5.71 Å². The van der Waals surface area contributed by atoms with Gasteiger partial charge in [0.25, 0.3) is 0 Å². The first-order valence-electron chi connectivity index (χ1n) is 1.91. The van der Waals surface area contributed by atoms with Crippen LogP contribution in [-0.4, -0.2) is 5.71 Å². The van der Waals surface area contributed by atoms with Gasteiger partial charge in [0.1, 0.15) is 0 Å². The monoisotopic (exact) mass is 115 g/mol. The summed E-state index contributed by atoms with van der Waals surface area (Å²) in [5.41, 5.74) is 4.40. The van der Waals surface area contributed by atoms with Crippen LogP contribution in [0.15, 0.2) is 16.3 Å². The maximum Gasteiger partial charge on any atom is 0.153 e. The van der Waals surface area contributed by atoms with E-state index in [1.165, 1.54) is 0 Å². The van der Waals surface area contributed by atoms with Crippen molar-refractivity contribution in [2.45, 2.75) is 6.92 Å². The number of hydrogen-bond acceptors (Lipinski definition) is 1. The third kappa shape index (κ3) is 0.933. The molecule has 0 bridgehead atoms. The van der Waals surface area contributed by atoms with Crippen LogP contribution in [-0.2, 0) is 0 Å². The van der Waals surface area contributed by atoms with Gasteiger partial charge in [-0.3, -0.25) is 0 Å². The van der Waals surface area contributed by atoms with Crippen molar-refractivity contribution in [3.63, 3.8) is 0 Å². The Bertz CT molecular complexity index is 137. The van der Waals surface area contributed by atoms with Gasteiger partial charge in [0, 0.05) is 6.08 Å². The third-order valence-corrected chi connectivity index (χ3v) is 0.816. The molecule has 0 saturated carbocycles. The molecule has 0 aromatic rings. The van der Waals surface area contributed by atoms with E-state index in [4.69, 9.17) is 11.6 Å². The topological polar surface area (TPSA) is 26.5 Å². The highest BCUT2D eigenvalue weighted by molar-refractivity contribution is 6.31. The Morgan fingerprint density at radius 2 is 2.43 bits per heavy atom.